The minimum Gasteiger partial charge on any atom is -0.493 e. The minimum absolute atomic E-state index is 0.132. The molecule has 9 nitrogen and oxygen atoms in total. The van der Waals surface area contributed by atoms with Gasteiger partial charge in [0.25, 0.3) is 11.8 Å². The first-order chi connectivity index (χ1) is 12.3. The van der Waals surface area contributed by atoms with Crippen molar-refractivity contribution in [3.8, 4) is 17.2 Å². The lowest BCUT2D eigenvalue weighted by molar-refractivity contribution is -0.139. The molecular weight excluding hydrogens is 344 g/mol. The smallest absolute Gasteiger partial charge is 0.305 e. The van der Waals surface area contributed by atoms with E-state index >= 15 is 0 Å². The summed E-state index contributed by atoms with van der Waals surface area (Å²) in [7, 11) is 2.76. The van der Waals surface area contributed by atoms with Crippen LogP contribution in [0.1, 0.15) is 36.0 Å². The summed E-state index contributed by atoms with van der Waals surface area (Å²) in [4.78, 5) is 34.6. The van der Waals surface area contributed by atoms with E-state index in [1.807, 2.05) is 0 Å². The van der Waals surface area contributed by atoms with Crippen molar-refractivity contribution in [3.63, 3.8) is 0 Å². The topological polar surface area (TPSA) is 137 Å². The number of ether oxygens (including phenoxy) is 3. The molecule has 0 aromatic heterocycles. The maximum absolute atomic E-state index is 12.6. The number of nitrogens with two attached hydrogens (primary N) is 1. The third-order valence-corrected chi connectivity index (χ3v) is 4.26. The van der Waals surface area contributed by atoms with Crippen LogP contribution in [0.4, 0.5) is 0 Å². The zero-order valence-corrected chi connectivity index (χ0v) is 14.7. The summed E-state index contributed by atoms with van der Waals surface area (Å²) < 4.78 is 15.7. The molecule has 2 amide bonds. The van der Waals surface area contributed by atoms with Gasteiger partial charge in [0.2, 0.25) is 5.75 Å². The number of rotatable bonds is 9. The number of carbonyl (C=O) groups excluding carboxylic acids is 2. The van der Waals surface area contributed by atoms with E-state index in [1.54, 1.807) is 0 Å². The third-order valence-electron chi connectivity index (χ3n) is 4.26. The van der Waals surface area contributed by atoms with E-state index in [0.717, 1.165) is 6.42 Å². The fourth-order valence-corrected chi connectivity index (χ4v) is 2.85. The Kier molecular flexibility index (Phi) is 5.91. The van der Waals surface area contributed by atoms with E-state index in [-0.39, 0.29) is 35.8 Å². The first kappa shape index (κ1) is 19.4. The van der Waals surface area contributed by atoms with Gasteiger partial charge in [-0.2, -0.15) is 0 Å². The Morgan fingerprint density at radius 3 is 2.15 bits per heavy atom. The van der Waals surface area contributed by atoms with E-state index in [1.165, 1.54) is 26.4 Å². The van der Waals surface area contributed by atoms with Crippen LogP contribution in [-0.2, 0) is 9.59 Å². The van der Waals surface area contributed by atoms with Crippen LogP contribution in [0.2, 0.25) is 0 Å². The summed E-state index contributed by atoms with van der Waals surface area (Å²) >= 11 is 0. The Bertz CT molecular complexity index is 688. The van der Waals surface area contributed by atoms with Gasteiger partial charge in [-0.25, -0.2) is 0 Å². The molecule has 0 bridgehead atoms. The highest BCUT2D eigenvalue weighted by Gasteiger charge is 2.40. The predicted octanol–water partition coefficient (Wildman–Crippen LogP) is 0.695. The highest BCUT2D eigenvalue weighted by molar-refractivity contribution is 5.96. The van der Waals surface area contributed by atoms with Crippen LogP contribution in [0, 0.1) is 0 Å². The van der Waals surface area contributed by atoms with E-state index < -0.39 is 23.3 Å². The first-order valence-corrected chi connectivity index (χ1v) is 8.01. The van der Waals surface area contributed by atoms with Gasteiger partial charge in [0.05, 0.1) is 26.2 Å². The largest absolute Gasteiger partial charge is 0.493 e. The number of benzene rings is 1. The van der Waals surface area contributed by atoms with E-state index in [9.17, 15) is 14.4 Å². The van der Waals surface area contributed by atoms with Gasteiger partial charge in [0, 0.05) is 5.56 Å². The van der Waals surface area contributed by atoms with Gasteiger partial charge in [-0.1, -0.05) is 0 Å². The molecule has 0 spiro atoms. The molecule has 142 valence electrons. The number of carboxylic acids is 1. The Hall–Kier alpha value is -2.97. The van der Waals surface area contributed by atoms with Gasteiger partial charge >= 0.3 is 5.97 Å². The number of amides is 2. The van der Waals surface area contributed by atoms with Crippen LogP contribution in [0.25, 0.3) is 0 Å². The molecule has 0 heterocycles. The van der Waals surface area contributed by atoms with Crippen LogP contribution in [-0.4, -0.2) is 49.3 Å². The zero-order valence-electron chi connectivity index (χ0n) is 14.7. The van der Waals surface area contributed by atoms with Crippen molar-refractivity contribution in [1.29, 1.82) is 0 Å². The lowest BCUT2D eigenvalue weighted by Crippen LogP contribution is -2.54. The SMILES string of the molecule is COc1cc(C(=O)NC2(CC(=O)O)CCC2)cc(OC)c1OCC(N)=O. The van der Waals surface area contributed by atoms with Gasteiger partial charge in [-0.05, 0) is 31.4 Å². The van der Waals surface area contributed by atoms with Gasteiger partial charge < -0.3 is 30.4 Å². The van der Waals surface area contributed by atoms with E-state index in [2.05, 4.69) is 5.32 Å². The second-order valence-corrected chi connectivity index (χ2v) is 6.12. The fourth-order valence-electron chi connectivity index (χ4n) is 2.85. The van der Waals surface area contributed by atoms with Crippen LogP contribution >= 0.6 is 0 Å². The summed E-state index contributed by atoms with van der Waals surface area (Å²) in [6.07, 6.45) is 1.95. The molecule has 1 aliphatic rings. The van der Waals surface area contributed by atoms with Crippen molar-refractivity contribution < 1.29 is 33.7 Å². The predicted molar refractivity (Wildman–Crippen MR) is 90.5 cm³/mol. The molecule has 1 aromatic carbocycles. The van der Waals surface area contributed by atoms with Gasteiger partial charge in [0.15, 0.2) is 18.1 Å². The van der Waals surface area contributed by atoms with Gasteiger partial charge in [-0.3, -0.25) is 14.4 Å². The van der Waals surface area contributed by atoms with Gasteiger partial charge in [-0.15, -0.1) is 0 Å². The standard InChI is InChI=1S/C17H22N2O7/c1-24-11-6-10(7-12(25-2)15(11)26-9-13(18)20)16(23)19-17(4-3-5-17)8-14(21)22/h6-7H,3-5,8-9H2,1-2H3,(H2,18,20)(H,19,23)(H,21,22). The summed E-state index contributed by atoms with van der Waals surface area (Å²) in [5.41, 5.74) is 4.57. The van der Waals surface area contributed by atoms with Crippen molar-refractivity contribution in [2.24, 2.45) is 5.73 Å². The molecule has 1 aliphatic carbocycles. The molecular formula is C17H22N2O7. The Labute approximate surface area is 150 Å². The van der Waals surface area contributed by atoms with Crippen molar-refractivity contribution >= 4 is 17.8 Å². The third kappa shape index (κ3) is 4.35. The molecule has 1 saturated carbocycles. The maximum atomic E-state index is 12.6. The molecule has 1 fully saturated rings. The molecule has 0 atom stereocenters. The second kappa shape index (κ2) is 7.94. The van der Waals surface area contributed by atoms with Crippen molar-refractivity contribution in [2.45, 2.75) is 31.2 Å². The number of hydrogen-bond acceptors (Lipinski definition) is 6. The summed E-state index contributed by atoms with van der Waals surface area (Å²) in [5, 5.41) is 11.9. The van der Waals surface area contributed by atoms with Crippen molar-refractivity contribution in [1.82, 2.24) is 5.32 Å². The second-order valence-electron chi connectivity index (χ2n) is 6.12. The average molecular weight is 366 g/mol. The van der Waals surface area contributed by atoms with Crippen molar-refractivity contribution in [3.05, 3.63) is 17.7 Å². The average Bonchev–Trinajstić information content (AvgIpc) is 2.56. The number of hydrogen-bond donors (Lipinski definition) is 3. The molecule has 0 radical (unpaired) electrons. The van der Waals surface area contributed by atoms with Crippen molar-refractivity contribution in [2.75, 3.05) is 20.8 Å². The molecule has 26 heavy (non-hydrogen) atoms. The Balaban J connectivity index is 2.27. The number of carboxylic acid groups (broad SMARTS) is 1. The van der Waals surface area contributed by atoms with Crippen LogP contribution < -0.4 is 25.3 Å². The Morgan fingerprint density at radius 1 is 1.19 bits per heavy atom. The lowest BCUT2D eigenvalue weighted by Gasteiger charge is -2.41. The molecule has 1 aromatic rings. The minimum atomic E-state index is -0.963. The maximum Gasteiger partial charge on any atom is 0.305 e. The number of aliphatic carboxylic acids is 1. The molecule has 2 rings (SSSR count). The van der Waals surface area contributed by atoms with Crippen LogP contribution in [0.5, 0.6) is 17.2 Å². The molecule has 4 N–H and O–H groups in total. The number of nitrogens with one attached hydrogen (secondary N) is 1. The lowest BCUT2D eigenvalue weighted by atomic mass is 9.74. The summed E-state index contributed by atoms with van der Waals surface area (Å²) in [5.74, 6) is -1.54. The molecule has 0 aliphatic heterocycles. The zero-order chi connectivity index (χ0) is 19.3. The van der Waals surface area contributed by atoms with E-state index in [4.69, 9.17) is 25.1 Å². The number of methoxy groups -OCH3 is 2. The van der Waals surface area contributed by atoms with Crippen LogP contribution in [0.15, 0.2) is 12.1 Å². The summed E-state index contributed by atoms with van der Waals surface area (Å²) in [6.45, 7) is -0.375. The Morgan fingerprint density at radius 2 is 1.77 bits per heavy atom. The number of carbonyl (C=O) groups is 3. The van der Waals surface area contributed by atoms with Gasteiger partial charge in [0.1, 0.15) is 0 Å². The molecule has 0 unspecified atom stereocenters. The molecule has 0 saturated heterocycles. The quantitative estimate of drug-likeness (QED) is 0.585. The first-order valence-electron chi connectivity index (χ1n) is 8.01. The fraction of sp³-hybridized carbons (Fsp3) is 0.471. The monoisotopic (exact) mass is 366 g/mol. The normalized spacial score (nSPS) is 14.7. The van der Waals surface area contributed by atoms with Crippen LogP contribution in [0.3, 0.4) is 0 Å². The summed E-state index contributed by atoms with van der Waals surface area (Å²) in [6, 6.07) is 2.86. The molecule has 9 heteroatoms. The number of primary amides is 1. The highest BCUT2D eigenvalue weighted by Crippen LogP contribution is 2.39. The van der Waals surface area contributed by atoms with E-state index in [0.29, 0.717) is 12.8 Å². The highest BCUT2D eigenvalue weighted by atomic mass is 16.5.